The molecule has 23 heavy (non-hydrogen) atoms. The first-order chi connectivity index (χ1) is 11.2. The Morgan fingerprint density at radius 1 is 1.00 bits per heavy atom. The van der Waals surface area contributed by atoms with E-state index in [0.717, 1.165) is 11.4 Å². The molecule has 1 aromatic heterocycles. The van der Waals surface area contributed by atoms with E-state index in [1.165, 1.54) is 6.07 Å². The summed E-state index contributed by atoms with van der Waals surface area (Å²) in [7, 11) is 0. The smallest absolute Gasteiger partial charge is 0.175 e. The Balaban J connectivity index is 1.61. The molecule has 0 aliphatic rings. The van der Waals surface area contributed by atoms with Gasteiger partial charge in [0.25, 0.3) is 0 Å². The highest BCUT2D eigenvalue weighted by atomic mass is 32.1. The molecule has 1 heterocycles. The summed E-state index contributed by atoms with van der Waals surface area (Å²) in [6.07, 6.45) is 3.44. The first-order valence-corrected chi connectivity index (χ1v) is 7.50. The topological polar surface area (TPSA) is 41.9 Å². The van der Waals surface area contributed by atoms with Crippen LogP contribution in [0.2, 0.25) is 0 Å². The largest absolute Gasteiger partial charge is 0.332 e. The van der Waals surface area contributed by atoms with E-state index in [2.05, 4.69) is 15.7 Å². The van der Waals surface area contributed by atoms with Crippen LogP contribution in [0.15, 0.2) is 67.0 Å². The molecule has 0 spiro atoms. The number of hydrogen-bond donors (Lipinski definition) is 2. The average molecular weight is 326 g/mol. The van der Waals surface area contributed by atoms with Crippen molar-refractivity contribution in [2.45, 2.75) is 6.54 Å². The lowest BCUT2D eigenvalue weighted by atomic mass is 10.2. The third kappa shape index (κ3) is 4.14. The van der Waals surface area contributed by atoms with Crippen LogP contribution >= 0.6 is 12.2 Å². The standard InChI is InChI=1S/C17H15FN4S/c18-16-9-5-4-6-13(16)11-22-12-15(10-19-22)21-17(23)20-14-7-2-1-3-8-14/h1-10,12H,11H2,(H2,20,21,23). The monoisotopic (exact) mass is 326 g/mol. The SMILES string of the molecule is Fc1ccccc1Cn1cc(NC(=S)Nc2ccccc2)cn1. The molecule has 6 heteroatoms. The molecule has 2 N–H and O–H groups in total. The zero-order valence-corrected chi connectivity index (χ0v) is 13.1. The number of aromatic nitrogens is 2. The summed E-state index contributed by atoms with van der Waals surface area (Å²) in [5.74, 6) is -0.237. The van der Waals surface area contributed by atoms with Crippen LogP contribution in [-0.4, -0.2) is 14.9 Å². The molecule has 0 radical (unpaired) electrons. The van der Waals surface area contributed by atoms with E-state index in [0.29, 0.717) is 17.2 Å². The number of nitrogens with one attached hydrogen (secondary N) is 2. The van der Waals surface area contributed by atoms with Gasteiger partial charge in [-0.25, -0.2) is 4.39 Å². The quantitative estimate of drug-likeness (QED) is 0.714. The summed E-state index contributed by atoms with van der Waals surface area (Å²) in [6.45, 7) is 0.368. The zero-order chi connectivity index (χ0) is 16.1. The minimum atomic E-state index is -0.237. The molecule has 3 rings (SSSR count). The van der Waals surface area contributed by atoms with Crippen molar-refractivity contribution in [3.8, 4) is 0 Å². The van der Waals surface area contributed by atoms with Crippen molar-refractivity contribution >= 4 is 28.7 Å². The van der Waals surface area contributed by atoms with E-state index in [-0.39, 0.29) is 5.82 Å². The lowest BCUT2D eigenvalue weighted by molar-refractivity contribution is 0.585. The Morgan fingerprint density at radius 3 is 2.48 bits per heavy atom. The Bertz CT molecular complexity index is 801. The van der Waals surface area contributed by atoms with Crippen LogP contribution in [0.5, 0.6) is 0 Å². The van der Waals surface area contributed by atoms with Crippen LogP contribution in [0.4, 0.5) is 15.8 Å². The van der Waals surface area contributed by atoms with Gasteiger partial charge in [0.1, 0.15) is 5.82 Å². The molecule has 0 saturated heterocycles. The highest BCUT2D eigenvalue weighted by molar-refractivity contribution is 7.80. The van der Waals surface area contributed by atoms with Gasteiger partial charge in [-0.3, -0.25) is 4.68 Å². The minimum Gasteiger partial charge on any atom is -0.332 e. The van der Waals surface area contributed by atoms with Crippen LogP contribution in [0.3, 0.4) is 0 Å². The number of rotatable bonds is 4. The van der Waals surface area contributed by atoms with Gasteiger partial charge in [0.05, 0.1) is 18.4 Å². The molecular weight excluding hydrogens is 311 g/mol. The number of benzene rings is 2. The Labute approximate surface area is 139 Å². The van der Waals surface area contributed by atoms with E-state index in [1.807, 2.05) is 30.3 Å². The van der Waals surface area contributed by atoms with Crippen molar-refractivity contribution < 1.29 is 4.39 Å². The first-order valence-electron chi connectivity index (χ1n) is 7.09. The van der Waals surface area contributed by atoms with Gasteiger partial charge >= 0.3 is 0 Å². The van der Waals surface area contributed by atoms with Gasteiger partial charge in [-0.15, -0.1) is 0 Å². The summed E-state index contributed by atoms with van der Waals surface area (Å²) < 4.78 is 15.3. The van der Waals surface area contributed by atoms with Crippen LogP contribution < -0.4 is 10.6 Å². The highest BCUT2D eigenvalue weighted by Gasteiger charge is 2.05. The molecule has 0 atom stereocenters. The van der Waals surface area contributed by atoms with E-state index in [1.54, 1.807) is 35.3 Å². The molecule has 4 nitrogen and oxygen atoms in total. The summed E-state index contributed by atoms with van der Waals surface area (Å²) in [5, 5.41) is 10.8. The summed E-state index contributed by atoms with van der Waals surface area (Å²) in [5.41, 5.74) is 2.24. The molecule has 0 unspecified atom stereocenters. The maximum absolute atomic E-state index is 13.6. The number of thiocarbonyl (C=S) groups is 1. The van der Waals surface area contributed by atoms with Crippen molar-refractivity contribution in [1.29, 1.82) is 0 Å². The van der Waals surface area contributed by atoms with Crippen LogP contribution in [-0.2, 0) is 6.54 Å². The van der Waals surface area contributed by atoms with Gasteiger partial charge < -0.3 is 10.6 Å². The van der Waals surface area contributed by atoms with Crippen LogP contribution in [0.1, 0.15) is 5.56 Å². The number of nitrogens with zero attached hydrogens (tertiary/aromatic N) is 2. The predicted octanol–water partition coefficient (Wildman–Crippen LogP) is 3.88. The number of halogens is 1. The molecule has 116 valence electrons. The predicted molar refractivity (Wildman–Crippen MR) is 94.0 cm³/mol. The van der Waals surface area contributed by atoms with Gasteiger partial charge in [0.15, 0.2) is 5.11 Å². The molecule has 0 bridgehead atoms. The summed E-state index contributed by atoms with van der Waals surface area (Å²) >= 11 is 5.26. The van der Waals surface area contributed by atoms with Crippen molar-refractivity contribution in [2.24, 2.45) is 0 Å². The van der Waals surface area contributed by atoms with Gasteiger partial charge in [0, 0.05) is 17.4 Å². The van der Waals surface area contributed by atoms with Crippen molar-refractivity contribution in [2.75, 3.05) is 10.6 Å². The van der Waals surface area contributed by atoms with E-state index in [9.17, 15) is 4.39 Å². The zero-order valence-electron chi connectivity index (χ0n) is 12.2. The third-order valence-electron chi connectivity index (χ3n) is 3.21. The maximum Gasteiger partial charge on any atom is 0.175 e. The summed E-state index contributed by atoms with van der Waals surface area (Å²) in [4.78, 5) is 0. The minimum absolute atomic E-state index is 0.237. The normalized spacial score (nSPS) is 10.3. The number of hydrogen-bond acceptors (Lipinski definition) is 2. The first kappa shape index (κ1) is 15.2. The van der Waals surface area contributed by atoms with E-state index < -0.39 is 0 Å². The lowest BCUT2D eigenvalue weighted by Crippen LogP contribution is -2.18. The fourth-order valence-electron chi connectivity index (χ4n) is 2.13. The molecule has 0 saturated carbocycles. The van der Waals surface area contributed by atoms with Crippen LogP contribution in [0.25, 0.3) is 0 Å². The summed E-state index contributed by atoms with van der Waals surface area (Å²) in [6, 6.07) is 16.3. The highest BCUT2D eigenvalue weighted by Crippen LogP contribution is 2.12. The van der Waals surface area contributed by atoms with Crippen molar-refractivity contribution in [3.05, 3.63) is 78.4 Å². The molecule has 0 amide bonds. The van der Waals surface area contributed by atoms with Gasteiger partial charge in [-0.1, -0.05) is 36.4 Å². The third-order valence-corrected chi connectivity index (χ3v) is 3.42. The second kappa shape index (κ2) is 7.02. The maximum atomic E-state index is 13.6. The Kier molecular flexibility index (Phi) is 4.63. The van der Waals surface area contributed by atoms with Crippen molar-refractivity contribution in [1.82, 2.24) is 9.78 Å². The fourth-order valence-corrected chi connectivity index (χ4v) is 2.37. The molecule has 0 aliphatic heterocycles. The van der Waals surface area contributed by atoms with Crippen LogP contribution in [0, 0.1) is 5.82 Å². The molecule has 0 fully saturated rings. The van der Waals surface area contributed by atoms with Crippen molar-refractivity contribution in [3.63, 3.8) is 0 Å². The fraction of sp³-hybridized carbons (Fsp3) is 0.0588. The Morgan fingerprint density at radius 2 is 1.70 bits per heavy atom. The second-order valence-corrected chi connectivity index (χ2v) is 5.37. The molecular formula is C17H15FN4S. The Hall–Kier alpha value is -2.73. The van der Waals surface area contributed by atoms with Gasteiger partial charge in [-0.2, -0.15) is 5.10 Å². The van der Waals surface area contributed by atoms with E-state index >= 15 is 0 Å². The van der Waals surface area contributed by atoms with E-state index in [4.69, 9.17) is 12.2 Å². The van der Waals surface area contributed by atoms with Gasteiger partial charge in [-0.05, 0) is 30.4 Å². The lowest BCUT2D eigenvalue weighted by Gasteiger charge is -2.08. The molecule has 0 aliphatic carbocycles. The number of anilines is 2. The van der Waals surface area contributed by atoms with Gasteiger partial charge in [0.2, 0.25) is 0 Å². The molecule has 2 aromatic carbocycles. The molecule has 3 aromatic rings. The number of para-hydroxylation sites is 1. The average Bonchev–Trinajstić information content (AvgIpc) is 2.97. The second-order valence-electron chi connectivity index (χ2n) is 4.96.